The van der Waals surface area contributed by atoms with Gasteiger partial charge in [-0.05, 0) is 38.8 Å². The molecule has 0 saturated heterocycles. The minimum Gasteiger partial charge on any atom is -0.550 e. The molecule has 0 rings (SSSR count). The van der Waals surface area contributed by atoms with Crippen molar-refractivity contribution in [1.82, 2.24) is 10.0 Å². The first-order valence-corrected chi connectivity index (χ1v) is 11.4. The SMILES string of the molecule is O=C([O-])CCCCNCCCNS(=O)(=O)CCC(F)(F)C(F)(F)C(F)(F)C(F)(F)C(F)(F)C(F)(F)F. The summed E-state index contributed by atoms with van der Waals surface area (Å²) in [7, 11) is -4.94. The standard InChI is InChI=1S/C16H21F13N2O4S/c17-11(18,12(19,20)13(21,22)14(23,24)15(25,26)16(27,28)29)5-9-36(34,35)31-8-3-7-30-6-2-1-4-10(32)33/h30-31H,1-9H2,(H,32,33)/p-1. The number of aliphatic carboxylic acids is 1. The summed E-state index contributed by atoms with van der Waals surface area (Å²) >= 11 is 0. The van der Waals surface area contributed by atoms with Crippen molar-refractivity contribution in [2.24, 2.45) is 0 Å². The molecule has 0 aliphatic carbocycles. The van der Waals surface area contributed by atoms with Crippen molar-refractivity contribution in [3.05, 3.63) is 0 Å². The molecule has 0 saturated carbocycles. The van der Waals surface area contributed by atoms with E-state index in [2.05, 4.69) is 5.32 Å². The molecule has 0 aromatic heterocycles. The van der Waals surface area contributed by atoms with Gasteiger partial charge in [0, 0.05) is 18.9 Å². The second-order valence-electron chi connectivity index (χ2n) is 7.40. The highest BCUT2D eigenvalue weighted by atomic mass is 32.2. The fourth-order valence-corrected chi connectivity index (χ4v) is 3.50. The molecule has 2 N–H and O–H groups in total. The van der Waals surface area contributed by atoms with Crippen molar-refractivity contribution < 1.29 is 75.4 Å². The lowest BCUT2D eigenvalue weighted by atomic mass is 9.93. The zero-order valence-electron chi connectivity index (χ0n) is 17.8. The Hall–Kier alpha value is -1.57. The number of sulfonamides is 1. The Labute approximate surface area is 195 Å². The Kier molecular flexibility index (Phi) is 11.3. The van der Waals surface area contributed by atoms with E-state index in [0.29, 0.717) is 6.42 Å². The topological polar surface area (TPSA) is 98.3 Å². The van der Waals surface area contributed by atoms with Crippen LogP contribution in [0.15, 0.2) is 0 Å². The normalized spacial score (nSPS) is 14.8. The lowest BCUT2D eigenvalue weighted by molar-refractivity contribution is -0.439. The van der Waals surface area contributed by atoms with Crippen molar-refractivity contribution in [1.29, 1.82) is 0 Å². The predicted octanol–water partition coefficient (Wildman–Crippen LogP) is 2.93. The van der Waals surface area contributed by atoms with Gasteiger partial charge >= 0.3 is 35.8 Å². The molecule has 0 aliphatic heterocycles. The maximum absolute atomic E-state index is 13.7. The Morgan fingerprint density at radius 3 is 1.61 bits per heavy atom. The van der Waals surface area contributed by atoms with E-state index in [9.17, 15) is 75.4 Å². The first-order chi connectivity index (χ1) is 15.9. The highest BCUT2D eigenvalue weighted by molar-refractivity contribution is 7.89. The molecule has 0 amide bonds. The summed E-state index contributed by atoms with van der Waals surface area (Å²) in [6, 6.07) is 0. The van der Waals surface area contributed by atoms with E-state index in [1.165, 1.54) is 0 Å². The highest BCUT2D eigenvalue weighted by Gasteiger charge is 2.90. The summed E-state index contributed by atoms with van der Waals surface area (Å²) < 4.78 is 194. The van der Waals surface area contributed by atoms with Crippen molar-refractivity contribution in [3.63, 3.8) is 0 Å². The van der Waals surface area contributed by atoms with Crippen molar-refractivity contribution in [2.45, 2.75) is 67.9 Å². The molecule has 216 valence electrons. The van der Waals surface area contributed by atoms with Crippen LogP contribution in [0.3, 0.4) is 0 Å². The van der Waals surface area contributed by atoms with Crippen LogP contribution in [0.4, 0.5) is 57.1 Å². The number of nitrogens with one attached hydrogen (secondary N) is 2. The number of carboxylic acids is 1. The van der Waals surface area contributed by atoms with E-state index in [-0.39, 0.29) is 32.4 Å². The van der Waals surface area contributed by atoms with Gasteiger partial charge in [-0.2, -0.15) is 57.1 Å². The lowest BCUT2D eigenvalue weighted by Crippen LogP contribution is -2.70. The molecule has 0 aromatic carbocycles. The van der Waals surface area contributed by atoms with Crippen LogP contribution >= 0.6 is 0 Å². The molecule has 0 fully saturated rings. The van der Waals surface area contributed by atoms with Crippen LogP contribution < -0.4 is 15.1 Å². The largest absolute Gasteiger partial charge is 0.550 e. The maximum Gasteiger partial charge on any atom is 0.460 e. The number of hydrogen-bond donors (Lipinski definition) is 2. The molecule has 0 radical (unpaired) electrons. The summed E-state index contributed by atoms with van der Waals surface area (Å²) in [6.07, 6.45) is -9.97. The zero-order valence-corrected chi connectivity index (χ0v) is 18.6. The molecular weight excluding hydrogens is 563 g/mol. The summed E-state index contributed by atoms with van der Waals surface area (Å²) in [5, 5.41) is 12.9. The molecule has 0 unspecified atom stereocenters. The monoisotopic (exact) mass is 583 g/mol. The summed E-state index contributed by atoms with van der Waals surface area (Å²) in [5.74, 6) is -41.2. The highest BCUT2D eigenvalue weighted by Crippen LogP contribution is 2.60. The zero-order chi connectivity index (χ0) is 28.9. The van der Waals surface area contributed by atoms with Crippen LogP contribution in [-0.4, -0.2) is 75.6 Å². The third kappa shape index (κ3) is 7.96. The first kappa shape index (κ1) is 34.4. The second kappa shape index (κ2) is 11.9. The summed E-state index contributed by atoms with van der Waals surface area (Å²) in [6.45, 7) is -0.160. The van der Waals surface area contributed by atoms with Crippen molar-refractivity contribution in [2.75, 3.05) is 25.4 Å². The number of carbonyl (C=O) groups excluding carboxylic acids is 1. The average molecular weight is 583 g/mol. The molecule has 20 heteroatoms. The molecule has 0 aromatic rings. The van der Waals surface area contributed by atoms with Crippen LogP contribution in [0.1, 0.15) is 32.1 Å². The number of unbranched alkanes of at least 4 members (excludes halogenated alkanes) is 1. The van der Waals surface area contributed by atoms with E-state index in [0.717, 1.165) is 0 Å². The summed E-state index contributed by atoms with van der Waals surface area (Å²) in [5.41, 5.74) is 0. The van der Waals surface area contributed by atoms with Crippen LogP contribution in [0.2, 0.25) is 0 Å². The molecule has 0 bridgehead atoms. The minimum atomic E-state index is -8.04. The van der Waals surface area contributed by atoms with Gasteiger partial charge in [-0.25, -0.2) is 13.1 Å². The molecule has 0 atom stereocenters. The molecule has 36 heavy (non-hydrogen) atoms. The quantitative estimate of drug-likeness (QED) is 0.203. The number of rotatable bonds is 17. The molecule has 0 heterocycles. The number of carbonyl (C=O) groups is 1. The van der Waals surface area contributed by atoms with Crippen molar-refractivity contribution >= 4 is 16.0 Å². The van der Waals surface area contributed by atoms with Gasteiger partial charge < -0.3 is 15.2 Å². The molecule has 6 nitrogen and oxygen atoms in total. The van der Waals surface area contributed by atoms with E-state index >= 15 is 0 Å². The van der Waals surface area contributed by atoms with Gasteiger partial charge in [-0.15, -0.1) is 0 Å². The van der Waals surface area contributed by atoms with E-state index in [1.807, 2.05) is 0 Å². The van der Waals surface area contributed by atoms with Gasteiger partial charge in [0.05, 0.1) is 5.75 Å². The van der Waals surface area contributed by atoms with Gasteiger partial charge in [0.2, 0.25) is 10.0 Å². The van der Waals surface area contributed by atoms with E-state index in [1.54, 1.807) is 4.72 Å². The third-order valence-corrected chi connectivity index (χ3v) is 5.91. The second-order valence-corrected chi connectivity index (χ2v) is 9.32. The number of hydrogen-bond acceptors (Lipinski definition) is 5. The third-order valence-electron chi connectivity index (χ3n) is 4.52. The fourth-order valence-electron chi connectivity index (χ4n) is 2.38. The van der Waals surface area contributed by atoms with Gasteiger partial charge in [0.1, 0.15) is 0 Å². The van der Waals surface area contributed by atoms with Crippen LogP contribution in [0, 0.1) is 0 Å². The lowest BCUT2D eigenvalue weighted by Gasteiger charge is -2.39. The Balaban J connectivity index is 5.06. The Bertz CT molecular complexity index is 832. The first-order valence-electron chi connectivity index (χ1n) is 9.71. The van der Waals surface area contributed by atoms with Gasteiger partial charge in [0.15, 0.2) is 0 Å². The maximum atomic E-state index is 13.7. The van der Waals surface area contributed by atoms with E-state index < -0.39 is 70.5 Å². The number of halogens is 13. The Morgan fingerprint density at radius 2 is 1.14 bits per heavy atom. The Morgan fingerprint density at radius 1 is 0.667 bits per heavy atom. The van der Waals surface area contributed by atoms with Crippen LogP contribution in [-0.2, 0) is 14.8 Å². The molecule has 0 spiro atoms. The molecular formula is C16H20F13N2O4S-. The van der Waals surface area contributed by atoms with Gasteiger partial charge in [-0.1, -0.05) is 0 Å². The van der Waals surface area contributed by atoms with Crippen molar-refractivity contribution in [3.8, 4) is 0 Å². The summed E-state index contributed by atoms with van der Waals surface area (Å²) in [4.78, 5) is 10.2. The van der Waals surface area contributed by atoms with Crippen LogP contribution in [0.5, 0.6) is 0 Å². The number of alkyl halides is 13. The van der Waals surface area contributed by atoms with Gasteiger partial charge in [0.25, 0.3) is 0 Å². The average Bonchev–Trinajstić information content (AvgIpc) is 2.69. The van der Waals surface area contributed by atoms with E-state index in [4.69, 9.17) is 0 Å². The molecule has 0 aliphatic rings. The van der Waals surface area contributed by atoms with Crippen LogP contribution in [0.25, 0.3) is 0 Å². The van der Waals surface area contributed by atoms with Gasteiger partial charge in [-0.3, -0.25) is 0 Å². The number of carboxylic acid groups (broad SMARTS) is 1. The minimum absolute atomic E-state index is 0.0525. The predicted molar refractivity (Wildman–Crippen MR) is 93.5 cm³/mol. The fraction of sp³-hybridized carbons (Fsp3) is 0.938. The smallest absolute Gasteiger partial charge is 0.460 e.